The minimum Gasteiger partial charge on any atom is -0.343 e. The molecule has 1 amide bonds. The summed E-state index contributed by atoms with van der Waals surface area (Å²) in [5.74, 6) is 0.174. The molecule has 0 saturated carbocycles. The first kappa shape index (κ1) is 12.4. The van der Waals surface area contributed by atoms with Crippen LogP contribution in [0.4, 0.5) is 0 Å². The van der Waals surface area contributed by atoms with E-state index in [0.717, 1.165) is 6.42 Å². The lowest BCUT2D eigenvalue weighted by molar-refractivity contribution is -0.140. The molecule has 0 bridgehead atoms. The van der Waals surface area contributed by atoms with Gasteiger partial charge in [-0.2, -0.15) is 0 Å². The molecule has 1 unspecified atom stereocenters. The van der Waals surface area contributed by atoms with Crippen molar-refractivity contribution in [3.8, 4) is 0 Å². The van der Waals surface area contributed by atoms with Gasteiger partial charge in [0.05, 0.1) is 0 Å². The number of nitrogens with zero attached hydrogens (tertiary/aromatic N) is 1. The first-order chi connectivity index (χ1) is 5.80. The van der Waals surface area contributed by atoms with Crippen molar-refractivity contribution in [2.45, 2.75) is 40.2 Å². The van der Waals surface area contributed by atoms with Crippen LogP contribution in [0.2, 0.25) is 0 Å². The zero-order valence-electron chi connectivity index (χ0n) is 9.42. The van der Waals surface area contributed by atoms with Crippen LogP contribution in [-0.2, 0) is 4.79 Å². The fourth-order valence-corrected chi connectivity index (χ4v) is 1.16. The van der Waals surface area contributed by atoms with Gasteiger partial charge in [-0.1, -0.05) is 20.8 Å². The molecule has 0 heterocycles. The molecular weight excluding hydrogens is 164 g/mol. The Balaban J connectivity index is 4.26. The normalized spacial score (nSPS) is 14.0. The molecule has 0 aromatic carbocycles. The van der Waals surface area contributed by atoms with Crippen LogP contribution in [0.1, 0.15) is 34.1 Å². The summed E-state index contributed by atoms with van der Waals surface area (Å²) in [4.78, 5) is 13.6. The Kier molecular flexibility index (Phi) is 4.40. The third-order valence-electron chi connectivity index (χ3n) is 2.21. The lowest BCUT2D eigenvalue weighted by atomic mass is 9.94. The Morgan fingerprint density at radius 2 is 1.92 bits per heavy atom. The molecule has 0 saturated heterocycles. The highest BCUT2D eigenvalue weighted by molar-refractivity contribution is 5.81. The molecule has 0 aromatic heterocycles. The molecule has 0 spiro atoms. The standard InChI is InChI=1S/C10H22N2O/c1-8(6-7-11)12(5)9(13)10(2,3)4/h8H,6-7,11H2,1-5H3. The number of amides is 1. The third kappa shape index (κ3) is 3.77. The van der Waals surface area contributed by atoms with Gasteiger partial charge in [0.15, 0.2) is 0 Å². The van der Waals surface area contributed by atoms with E-state index in [0.29, 0.717) is 6.54 Å². The van der Waals surface area contributed by atoms with Crippen molar-refractivity contribution in [3.63, 3.8) is 0 Å². The van der Waals surface area contributed by atoms with E-state index in [1.807, 2.05) is 34.7 Å². The second kappa shape index (κ2) is 4.61. The van der Waals surface area contributed by atoms with Crippen molar-refractivity contribution in [2.24, 2.45) is 11.1 Å². The minimum absolute atomic E-state index is 0.174. The van der Waals surface area contributed by atoms with Crippen molar-refractivity contribution in [2.75, 3.05) is 13.6 Å². The number of hydrogen-bond acceptors (Lipinski definition) is 2. The highest BCUT2D eigenvalue weighted by atomic mass is 16.2. The molecule has 78 valence electrons. The summed E-state index contributed by atoms with van der Waals surface area (Å²) in [5.41, 5.74) is 5.14. The lowest BCUT2D eigenvalue weighted by Crippen LogP contribution is -2.42. The van der Waals surface area contributed by atoms with E-state index in [2.05, 4.69) is 0 Å². The fourth-order valence-electron chi connectivity index (χ4n) is 1.16. The van der Waals surface area contributed by atoms with Gasteiger partial charge in [0, 0.05) is 18.5 Å². The maximum Gasteiger partial charge on any atom is 0.227 e. The molecule has 1 atom stereocenters. The Morgan fingerprint density at radius 1 is 1.46 bits per heavy atom. The number of nitrogens with two attached hydrogens (primary N) is 1. The summed E-state index contributed by atoms with van der Waals surface area (Å²) in [7, 11) is 1.84. The third-order valence-corrected chi connectivity index (χ3v) is 2.21. The van der Waals surface area contributed by atoms with Gasteiger partial charge in [-0.3, -0.25) is 4.79 Å². The summed E-state index contributed by atoms with van der Waals surface area (Å²) in [5, 5.41) is 0. The summed E-state index contributed by atoms with van der Waals surface area (Å²) >= 11 is 0. The summed E-state index contributed by atoms with van der Waals surface area (Å²) in [6.45, 7) is 8.45. The predicted octanol–water partition coefficient (Wildman–Crippen LogP) is 1.23. The number of carbonyl (C=O) groups excluding carboxylic acids is 1. The Labute approximate surface area is 81.3 Å². The van der Waals surface area contributed by atoms with Crippen molar-refractivity contribution < 1.29 is 4.79 Å². The SMILES string of the molecule is CC(CCN)N(C)C(=O)C(C)(C)C. The van der Waals surface area contributed by atoms with E-state index < -0.39 is 0 Å². The van der Waals surface area contributed by atoms with Gasteiger partial charge in [-0.05, 0) is 19.9 Å². The van der Waals surface area contributed by atoms with Crippen LogP contribution in [0.25, 0.3) is 0 Å². The van der Waals surface area contributed by atoms with Crippen molar-refractivity contribution in [1.29, 1.82) is 0 Å². The van der Waals surface area contributed by atoms with Gasteiger partial charge in [0.1, 0.15) is 0 Å². The monoisotopic (exact) mass is 186 g/mol. The number of rotatable bonds is 3. The highest BCUT2D eigenvalue weighted by Gasteiger charge is 2.27. The lowest BCUT2D eigenvalue weighted by Gasteiger charge is -2.30. The molecule has 0 aliphatic rings. The smallest absolute Gasteiger partial charge is 0.227 e. The maximum atomic E-state index is 11.8. The van der Waals surface area contributed by atoms with Crippen LogP contribution in [0, 0.1) is 5.41 Å². The average Bonchev–Trinajstić information content (AvgIpc) is 2.00. The molecule has 0 aromatic rings. The van der Waals surface area contributed by atoms with Crippen LogP contribution < -0.4 is 5.73 Å². The Morgan fingerprint density at radius 3 is 2.23 bits per heavy atom. The topological polar surface area (TPSA) is 46.3 Å². The Bertz CT molecular complexity index is 172. The molecule has 3 nitrogen and oxygen atoms in total. The van der Waals surface area contributed by atoms with Gasteiger partial charge in [-0.15, -0.1) is 0 Å². The molecule has 13 heavy (non-hydrogen) atoms. The van der Waals surface area contributed by atoms with E-state index in [1.54, 1.807) is 4.90 Å². The van der Waals surface area contributed by atoms with E-state index >= 15 is 0 Å². The van der Waals surface area contributed by atoms with Crippen LogP contribution in [-0.4, -0.2) is 30.4 Å². The maximum absolute atomic E-state index is 11.8. The van der Waals surface area contributed by atoms with Crippen LogP contribution in [0.15, 0.2) is 0 Å². The molecule has 2 N–H and O–H groups in total. The number of hydrogen-bond donors (Lipinski definition) is 1. The van der Waals surface area contributed by atoms with Crippen molar-refractivity contribution in [3.05, 3.63) is 0 Å². The molecule has 0 rings (SSSR count). The molecule has 3 heteroatoms. The fraction of sp³-hybridized carbons (Fsp3) is 0.900. The zero-order valence-corrected chi connectivity index (χ0v) is 9.42. The molecule has 0 aliphatic carbocycles. The first-order valence-corrected chi connectivity index (χ1v) is 4.78. The molecule has 0 aliphatic heterocycles. The van der Waals surface area contributed by atoms with E-state index in [-0.39, 0.29) is 17.4 Å². The van der Waals surface area contributed by atoms with Gasteiger partial charge >= 0.3 is 0 Å². The average molecular weight is 186 g/mol. The first-order valence-electron chi connectivity index (χ1n) is 4.78. The quantitative estimate of drug-likeness (QED) is 0.720. The number of carbonyl (C=O) groups is 1. The summed E-state index contributed by atoms with van der Waals surface area (Å²) in [6, 6.07) is 0.233. The van der Waals surface area contributed by atoms with E-state index in [4.69, 9.17) is 5.73 Å². The van der Waals surface area contributed by atoms with Crippen LogP contribution in [0.5, 0.6) is 0 Å². The van der Waals surface area contributed by atoms with E-state index in [1.165, 1.54) is 0 Å². The van der Waals surface area contributed by atoms with Crippen LogP contribution >= 0.6 is 0 Å². The molecule has 0 radical (unpaired) electrons. The van der Waals surface area contributed by atoms with Gasteiger partial charge < -0.3 is 10.6 Å². The molecule has 0 fully saturated rings. The summed E-state index contributed by atoms with van der Waals surface area (Å²) in [6.07, 6.45) is 0.859. The van der Waals surface area contributed by atoms with Gasteiger partial charge in [0.25, 0.3) is 0 Å². The minimum atomic E-state index is -0.294. The van der Waals surface area contributed by atoms with Crippen molar-refractivity contribution in [1.82, 2.24) is 4.90 Å². The largest absolute Gasteiger partial charge is 0.343 e. The predicted molar refractivity (Wildman–Crippen MR) is 55.4 cm³/mol. The Hall–Kier alpha value is -0.570. The van der Waals surface area contributed by atoms with Crippen molar-refractivity contribution >= 4 is 5.91 Å². The molecular formula is C10H22N2O. The zero-order chi connectivity index (χ0) is 10.6. The summed E-state index contributed by atoms with van der Waals surface area (Å²) < 4.78 is 0. The second-order valence-electron chi connectivity index (χ2n) is 4.59. The highest BCUT2D eigenvalue weighted by Crippen LogP contribution is 2.18. The van der Waals surface area contributed by atoms with Gasteiger partial charge in [0.2, 0.25) is 5.91 Å². The second-order valence-corrected chi connectivity index (χ2v) is 4.59. The van der Waals surface area contributed by atoms with E-state index in [9.17, 15) is 4.79 Å². The van der Waals surface area contributed by atoms with Crippen LogP contribution in [0.3, 0.4) is 0 Å². The van der Waals surface area contributed by atoms with Gasteiger partial charge in [-0.25, -0.2) is 0 Å².